The summed E-state index contributed by atoms with van der Waals surface area (Å²) in [7, 11) is 0. The van der Waals surface area contributed by atoms with Crippen molar-refractivity contribution in [2.75, 3.05) is 31.1 Å². The van der Waals surface area contributed by atoms with Gasteiger partial charge in [-0.05, 0) is 32.4 Å². The number of nitrogens with zero attached hydrogens (tertiary/aromatic N) is 3. The highest BCUT2D eigenvalue weighted by Gasteiger charge is 2.18. The van der Waals surface area contributed by atoms with Gasteiger partial charge in [0.05, 0.1) is 6.61 Å². The second kappa shape index (κ2) is 5.93. The molecule has 94 valence electrons. The number of anilines is 1. The van der Waals surface area contributed by atoms with E-state index in [1.165, 1.54) is 12.8 Å². The number of aliphatic hydroxyl groups is 1. The molecule has 1 saturated heterocycles. The van der Waals surface area contributed by atoms with E-state index in [0.29, 0.717) is 12.6 Å². The fraction of sp³-hybridized carbons (Fsp3) is 0.667. The van der Waals surface area contributed by atoms with Gasteiger partial charge in [-0.15, -0.1) is 0 Å². The lowest BCUT2D eigenvalue weighted by molar-refractivity contribution is 0.300. The summed E-state index contributed by atoms with van der Waals surface area (Å²) in [5.41, 5.74) is 0. The molecule has 0 spiro atoms. The zero-order valence-corrected chi connectivity index (χ0v) is 10.3. The Bertz CT molecular complexity index is 352. The van der Waals surface area contributed by atoms with Gasteiger partial charge in [0.25, 0.3) is 0 Å². The molecule has 1 aromatic rings. The van der Waals surface area contributed by atoms with E-state index in [4.69, 9.17) is 5.11 Å². The second-order valence-corrected chi connectivity index (χ2v) is 4.42. The van der Waals surface area contributed by atoms with Crippen LogP contribution in [0, 0.1) is 6.92 Å². The van der Waals surface area contributed by atoms with E-state index in [1.807, 2.05) is 13.0 Å². The van der Waals surface area contributed by atoms with E-state index in [0.717, 1.165) is 24.7 Å². The van der Waals surface area contributed by atoms with Crippen molar-refractivity contribution in [1.82, 2.24) is 15.3 Å². The molecule has 0 radical (unpaired) electrons. The third-order valence-electron chi connectivity index (χ3n) is 3.06. The molecule has 2 heterocycles. The van der Waals surface area contributed by atoms with Crippen LogP contribution in [-0.2, 0) is 0 Å². The van der Waals surface area contributed by atoms with Gasteiger partial charge >= 0.3 is 0 Å². The van der Waals surface area contributed by atoms with Gasteiger partial charge in [-0.25, -0.2) is 9.97 Å². The first-order chi connectivity index (χ1) is 8.29. The van der Waals surface area contributed by atoms with Gasteiger partial charge in [-0.1, -0.05) is 0 Å². The van der Waals surface area contributed by atoms with Gasteiger partial charge in [0.2, 0.25) is 0 Å². The molecule has 0 aromatic carbocycles. The Morgan fingerprint density at radius 3 is 3.12 bits per heavy atom. The molecule has 17 heavy (non-hydrogen) atoms. The van der Waals surface area contributed by atoms with Crippen LogP contribution in [0.4, 0.5) is 5.82 Å². The van der Waals surface area contributed by atoms with Gasteiger partial charge < -0.3 is 15.3 Å². The molecular weight excluding hydrogens is 216 g/mol. The van der Waals surface area contributed by atoms with E-state index < -0.39 is 0 Å². The largest absolute Gasteiger partial charge is 0.395 e. The number of hydrogen-bond acceptors (Lipinski definition) is 5. The molecule has 1 aliphatic heterocycles. The van der Waals surface area contributed by atoms with Crippen LogP contribution in [-0.4, -0.2) is 47.4 Å². The van der Waals surface area contributed by atoms with Crippen molar-refractivity contribution in [2.24, 2.45) is 0 Å². The van der Waals surface area contributed by atoms with Crippen LogP contribution >= 0.6 is 0 Å². The lowest BCUT2D eigenvalue weighted by Gasteiger charge is -2.26. The number of aliphatic hydroxyl groups excluding tert-OH is 1. The molecule has 0 aliphatic carbocycles. The Hall–Kier alpha value is -1.20. The second-order valence-electron chi connectivity index (χ2n) is 4.42. The first kappa shape index (κ1) is 12.3. The van der Waals surface area contributed by atoms with Crippen LogP contribution in [0.2, 0.25) is 0 Å². The van der Waals surface area contributed by atoms with Crippen LogP contribution in [0.1, 0.15) is 18.7 Å². The summed E-state index contributed by atoms with van der Waals surface area (Å²) in [6.07, 6.45) is 4.20. The van der Waals surface area contributed by atoms with E-state index in [2.05, 4.69) is 20.2 Å². The van der Waals surface area contributed by atoms with Crippen molar-refractivity contribution in [2.45, 2.75) is 25.8 Å². The van der Waals surface area contributed by atoms with Gasteiger partial charge in [-0.2, -0.15) is 0 Å². The molecule has 1 fully saturated rings. The van der Waals surface area contributed by atoms with E-state index in [-0.39, 0.29) is 6.61 Å². The molecule has 1 aromatic heterocycles. The molecule has 1 unspecified atom stereocenters. The summed E-state index contributed by atoms with van der Waals surface area (Å²) in [5.74, 6) is 1.67. The number of aryl methyl sites for hydroxylation is 1. The Kier molecular flexibility index (Phi) is 4.28. The van der Waals surface area contributed by atoms with Crippen molar-refractivity contribution < 1.29 is 5.11 Å². The third-order valence-corrected chi connectivity index (χ3v) is 3.06. The van der Waals surface area contributed by atoms with Crippen molar-refractivity contribution in [3.05, 3.63) is 18.1 Å². The molecule has 5 nitrogen and oxygen atoms in total. The van der Waals surface area contributed by atoms with E-state index in [9.17, 15) is 0 Å². The molecule has 0 amide bonds. The smallest absolute Gasteiger partial charge is 0.132 e. The minimum Gasteiger partial charge on any atom is -0.395 e. The van der Waals surface area contributed by atoms with Crippen LogP contribution < -0.4 is 10.2 Å². The number of nitrogens with one attached hydrogen (secondary N) is 1. The molecule has 1 atom stereocenters. The predicted molar refractivity (Wildman–Crippen MR) is 67.1 cm³/mol. The Labute approximate surface area is 102 Å². The Morgan fingerprint density at radius 1 is 1.59 bits per heavy atom. The molecule has 2 rings (SSSR count). The van der Waals surface area contributed by atoms with Gasteiger partial charge in [0, 0.05) is 25.3 Å². The minimum atomic E-state index is 0.149. The van der Waals surface area contributed by atoms with Crippen LogP contribution in [0.25, 0.3) is 0 Å². The van der Waals surface area contributed by atoms with Gasteiger partial charge in [0.15, 0.2) is 0 Å². The molecular formula is C12H20N4O. The van der Waals surface area contributed by atoms with Crippen molar-refractivity contribution >= 4 is 5.82 Å². The number of hydrogen-bond donors (Lipinski definition) is 2. The highest BCUT2D eigenvalue weighted by atomic mass is 16.3. The summed E-state index contributed by atoms with van der Waals surface area (Å²) in [6, 6.07) is 2.41. The van der Waals surface area contributed by atoms with Crippen LogP contribution in [0.5, 0.6) is 0 Å². The fourth-order valence-electron chi connectivity index (χ4n) is 2.22. The summed E-state index contributed by atoms with van der Waals surface area (Å²) in [4.78, 5) is 10.6. The predicted octanol–water partition coefficient (Wildman–Crippen LogP) is 0.336. The highest BCUT2D eigenvalue weighted by Crippen LogP contribution is 2.13. The summed E-state index contributed by atoms with van der Waals surface area (Å²) in [5, 5.41) is 12.6. The maximum absolute atomic E-state index is 9.14. The average molecular weight is 236 g/mol. The average Bonchev–Trinajstić information content (AvgIpc) is 2.81. The van der Waals surface area contributed by atoms with E-state index >= 15 is 0 Å². The fourth-order valence-corrected chi connectivity index (χ4v) is 2.22. The summed E-state index contributed by atoms with van der Waals surface area (Å²) in [6.45, 7) is 4.65. The quantitative estimate of drug-likeness (QED) is 0.772. The normalized spacial score (nSPS) is 19.5. The lowest BCUT2D eigenvalue weighted by atomic mass is 10.2. The summed E-state index contributed by atoms with van der Waals surface area (Å²) < 4.78 is 0. The van der Waals surface area contributed by atoms with Crippen molar-refractivity contribution in [3.63, 3.8) is 0 Å². The number of aromatic nitrogens is 2. The minimum absolute atomic E-state index is 0.149. The molecule has 0 saturated carbocycles. The van der Waals surface area contributed by atoms with E-state index in [1.54, 1.807) is 6.20 Å². The lowest BCUT2D eigenvalue weighted by Crippen LogP contribution is -2.39. The van der Waals surface area contributed by atoms with Crippen molar-refractivity contribution in [1.29, 1.82) is 0 Å². The molecule has 2 N–H and O–H groups in total. The van der Waals surface area contributed by atoms with Gasteiger partial charge in [-0.3, -0.25) is 0 Å². The van der Waals surface area contributed by atoms with Crippen LogP contribution in [0.3, 0.4) is 0 Å². The molecule has 1 aliphatic rings. The first-order valence-corrected chi connectivity index (χ1v) is 6.18. The van der Waals surface area contributed by atoms with Crippen molar-refractivity contribution in [3.8, 4) is 0 Å². The Balaban J connectivity index is 2.04. The SMILES string of the molecule is Cc1nccc(N(CCO)CC2CCCN2)n1. The monoisotopic (exact) mass is 236 g/mol. The number of rotatable bonds is 5. The topological polar surface area (TPSA) is 61.3 Å². The Morgan fingerprint density at radius 2 is 2.47 bits per heavy atom. The standard InChI is InChI=1S/C12H20N4O/c1-10-13-6-4-12(15-10)16(7-8-17)9-11-3-2-5-14-11/h4,6,11,14,17H,2-3,5,7-9H2,1H3. The maximum Gasteiger partial charge on any atom is 0.132 e. The van der Waals surface area contributed by atoms with Gasteiger partial charge in [0.1, 0.15) is 11.6 Å². The van der Waals surface area contributed by atoms with Crippen LogP contribution in [0.15, 0.2) is 12.3 Å². The third kappa shape index (κ3) is 3.38. The maximum atomic E-state index is 9.14. The zero-order valence-electron chi connectivity index (χ0n) is 10.3. The molecule has 0 bridgehead atoms. The first-order valence-electron chi connectivity index (χ1n) is 6.18. The highest BCUT2D eigenvalue weighted by molar-refractivity contribution is 5.37. The zero-order chi connectivity index (χ0) is 12.1. The molecule has 5 heteroatoms. The summed E-state index contributed by atoms with van der Waals surface area (Å²) >= 11 is 0.